The molecule has 1 atom stereocenters. The fraction of sp³-hybridized carbons (Fsp3) is 0.312. The number of aromatic nitrogens is 1. The molecule has 1 aromatic carbocycles. The number of methoxy groups -OCH3 is 1. The van der Waals surface area contributed by atoms with Gasteiger partial charge in [-0.1, -0.05) is 6.07 Å². The van der Waals surface area contributed by atoms with E-state index < -0.39 is 15.8 Å². The molecule has 1 aliphatic rings. The van der Waals surface area contributed by atoms with Gasteiger partial charge in [-0.25, -0.2) is 22.5 Å². The van der Waals surface area contributed by atoms with E-state index in [0.717, 1.165) is 18.0 Å². The van der Waals surface area contributed by atoms with Crippen molar-refractivity contribution in [1.29, 1.82) is 0 Å². The van der Waals surface area contributed by atoms with Crippen molar-refractivity contribution in [2.75, 3.05) is 25.1 Å². The van der Waals surface area contributed by atoms with Crippen molar-refractivity contribution in [1.82, 2.24) is 9.71 Å². The van der Waals surface area contributed by atoms with Crippen molar-refractivity contribution in [3.8, 4) is 5.75 Å². The molecule has 1 aliphatic heterocycles. The molecule has 8 heteroatoms. The summed E-state index contributed by atoms with van der Waals surface area (Å²) in [6.45, 7) is 1.21. The molecule has 128 valence electrons. The second-order valence-electron chi connectivity index (χ2n) is 5.54. The van der Waals surface area contributed by atoms with Gasteiger partial charge in [0.05, 0.1) is 7.11 Å². The minimum absolute atomic E-state index is 0.114. The minimum Gasteiger partial charge on any atom is -0.495 e. The fourth-order valence-electron chi connectivity index (χ4n) is 2.75. The summed E-state index contributed by atoms with van der Waals surface area (Å²) < 4.78 is 46.3. The first kappa shape index (κ1) is 16.7. The number of benzene rings is 1. The SMILES string of the molecule is COc1ccc(F)cc1S(=O)(=O)N[C@@H]1CCN(c2ccccn2)C1. The number of hydrogen-bond acceptors (Lipinski definition) is 5. The number of sulfonamides is 1. The first-order valence-corrected chi connectivity index (χ1v) is 9.00. The van der Waals surface area contributed by atoms with E-state index in [0.29, 0.717) is 19.5 Å². The van der Waals surface area contributed by atoms with Gasteiger partial charge in [-0.2, -0.15) is 0 Å². The molecule has 0 radical (unpaired) electrons. The van der Waals surface area contributed by atoms with Crippen LogP contribution < -0.4 is 14.4 Å². The molecular weight excluding hydrogens is 333 g/mol. The van der Waals surface area contributed by atoms with E-state index in [1.165, 1.54) is 13.2 Å². The number of anilines is 1. The number of rotatable bonds is 5. The lowest BCUT2D eigenvalue weighted by Gasteiger charge is -2.18. The van der Waals surface area contributed by atoms with Crippen molar-refractivity contribution in [3.05, 3.63) is 48.4 Å². The summed E-state index contributed by atoms with van der Waals surface area (Å²) in [5.74, 6) is 0.295. The van der Waals surface area contributed by atoms with Crippen LogP contribution in [-0.2, 0) is 10.0 Å². The Morgan fingerprint density at radius 3 is 2.88 bits per heavy atom. The Morgan fingerprint density at radius 2 is 2.17 bits per heavy atom. The number of halogens is 1. The number of nitrogens with one attached hydrogen (secondary N) is 1. The summed E-state index contributed by atoms with van der Waals surface area (Å²) in [7, 11) is -2.52. The van der Waals surface area contributed by atoms with Crippen LogP contribution in [0.25, 0.3) is 0 Å². The average molecular weight is 351 g/mol. The summed E-state index contributed by atoms with van der Waals surface area (Å²) in [6.07, 6.45) is 2.35. The van der Waals surface area contributed by atoms with E-state index in [2.05, 4.69) is 9.71 Å². The normalized spacial score (nSPS) is 17.9. The van der Waals surface area contributed by atoms with Crippen LogP contribution >= 0.6 is 0 Å². The molecule has 0 bridgehead atoms. The van der Waals surface area contributed by atoms with Crippen LogP contribution in [0.4, 0.5) is 10.2 Å². The van der Waals surface area contributed by atoms with Crippen molar-refractivity contribution in [3.63, 3.8) is 0 Å². The molecule has 2 heterocycles. The highest BCUT2D eigenvalue weighted by atomic mass is 32.2. The third-order valence-corrected chi connectivity index (χ3v) is 5.44. The van der Waals surface area contributed by atoms with Gasteiger partial charge in [0.25, 0.3) is 0 Å². The quantitative estimate of drug-likeness (QED) is 0.889. The summed E-state index contributed by atoms with van der Waals surface area (Å²) in [4.78, 5) is 6.08. The van der Waals surface area contributed by atoms with Gasteiger partial charge in [0.15, 0.2) is 0 Å². The summed E-state index contributed by atoms with van der Waals surface area (Å²) >= 11 is 0. The van der Waals surface area contributed by atoms with E-state index in [1.54, 1.807) is 6.20 Å². The van der Waals surface area contributed by atoms with E-state index >= 15 is 0 Å². The number of pyridine rings is 1. The van der Waals surface area contributed by atoms with E-state index in [-0.39, 0.29) is 16.7 Å². The molecule has 0 saturated carbocycles. The Morgan fingerprint density at radius 1 is 1.33 bits per heavy atom. The maximum Gasteiger partial charge on any atom is 0.244 e. The predicted molar refractivity (Wildman–Crippen MR) is 88.1 cm³/mol. The summed E-state index contributed by atoms with van der Waals surface area (Å²) in [5, 5.41) is 0. The van der Waals surface area contributed by atoms with Gasteiger partial charge in [0.2, 0.25) is 10.0 Å². The summed E-state index contributed by atoms with van der Waals surface area (Å²) in [5.41, 5.74) is 0. The molecule has 3 rings (SSSR count). The van der Waals surface area contributed by atoms with Crippen molar-refractivity contribution < 1.29 is 17.5 Å². The Labute approximate surface area is 140 Å². The van der Waals surface area contributed by atoms with Crippen LogP contribution in [0.15, 0.2) is 47.5 Å². The van der Waals surface area contributed by atoms with Gasteiger partial charge in [0.1, 0.15) is 22.3 Å². The van der Waals surface area contributed by atoms with Gasteiger partial charge >= 0.3 is 0 Å². The molecule has 1 aromatic heterocycles. The van der Waals surface area contributed by atoms with E-state index in [4.69, 9.17) is 4.74 Å². The Hall–Kier alpha value is -2.19. The van der Waals surface area contributed by atoms with Crippen molar-refractivity contribution in [2.45, 2.75) is 17.4 Å². The molecule has 24 heavy (non-hydrogen) atoms. The molecule has 0 amide bonds. The highest BCUT2D eigenvalue weighted by Gasteiger charge is 2.29. The molecular formula is C16H18FN3O3S. The van der Waals surface area contributed by atoms with Gasteiger partial charge in [-0.3, -0.25) is 0 Å². The lowest BCUT2D eigenvalue weighted by Crippen LogP contribution is -2.37. The van der Waals surface area contributed by atoms with Crippen LogP contribution in [0.3, 0.4) is 0 Å². The van der Waals surface area contributed by atoms with Crippen LogP contribution in [0.5, 0.6) is 5.75 Å². The smallest absolute Gasteiger partial charge is 0.244 e. The molecule has 0 aliphatic carbocycles. The maximum absolute atomic E-state index is 13.4. The third-order valence-electron chi connectivity index (χ3n) is 3.90. The monoisotopic (exact) mass is 351 g/mol. The van der Waals surface area contributed by atoms with Crippen LogP contribution in [0.1, 0.15) is 6.42 Å². The number of nitrogens with zero attached hydrogens (tertiary/aromatic N) is 2. The lowest BCUT2D eigenvalue weighted by molar-refractivity contribution is 0.400. The Balaban J connectivity index is 1.75. The highest BCUT2D eigenvalue weighted by molar-refractivity contribution is 7.89. The third kappa shape index (κ3) is 3.49. The largest absolute Gasteiger partial charge is 0.495 e. The lowest BCUT2D eigenvalue weighted by atomic mass is 10.3. The molecule has 1 saturated heterocycles. The second kappa shape index (κ2) is 6.74. The van der Waals surface area contributed by atoms with Crippen LogP contribution in [0, 0.1) is 5.82 Å². The van der Waals surface area contributed by atoms with Crippen molar-refractivity contribution in [2.24, 2.45) is 0 Å². The zero-order chi connectivity index (χ0) is 17.2. The second-order valence-corrected chi connectivity index (χ2v) is 7.22. The van der Waals surface area contributed by atoms with Gasteiger partial charge in [-0.15, -0.1) is 0 Å². The molecule has 1 fully saturated rings. The fourth-order valence-corrected chi connectivity index (χ4v) is 4.19. The molecule has 1 N–H and O–H groups in total. The van der Waals surface area contributed by atoms with Crippen LogP contribution in [0.2, 0.25) is 0 Å². The Kier molecular flexibility index (Phi) is 4.68. The highest BCUT2D eigenvalue weighted by Crippen LogP contribution is 2.26. The van der Waals surface area contributed by atoms with Gasteiger partial charge < -0.3 is 9.64 Å². The zero-order valence-electron chi connectivity index (χ0n) is 13.1. The van der Waals surface area contributed by atoms with Crippen LogP contribution in [-0.4, -0.2) is 39.6 Å². The maximum atomic E-state index is 13.4. The minimum atomic E-state index is -3.88. The van der Waals surface area contributed by atoms with E-state index in [9.17, 15) is 12.8 Å². The first-order valence-electron chi connectivity index (χ1n) is 7.51. The van der Waals surface area contributed by atoms with Gasteiger partial charge in [-0.05, 0) is 36.8 Å². The molecule has 2 aromatic rings. The standard InChI is InChI=1S/C16H18FN3O3S/c1-23-14-6-5-12(17)10-15(14)24(21,22)19-13-7-9-20(11-13)16-4-2-3-8-18-16/h2-6,8,10,13,19H,7,9,11H2,1H3/t13-/m1/s1. The molecule has 0 spiro atoms. The summed E-state index contributed by atoms with van der Waals surface area (Å²) in [6, 6.07) is 8.76. The number of hydrogen-bond donors (Lipinski definition) is 1. The topological polar surface area (TPSA) is 71.5 Å². The molecule has 0 unspecified atom stereocenters. The Bertz CT molecular complexity index is 815. The van der Waals surface area contributed by atoms with Crippen molar-refractivity contribution >= 4 is 15.8 Å². The average Bonchev–Trinajstić information content (AvgIpc) is 3.03. The van der Waals surface area contributed by atoms with Gasteiger partial charge in [0, 0.05) is 25.3 Å². The van der Waals surface area contributed by atoms with E-state index in [1.807, 2.05) is 23.1 Å². The zero-order valence-corrected chi connectivity index (χ0v) is 14.0. The first-order chi connectivity index (χ1) is 11.5. The number of ether oxygens (including phenoxy) is 1. The predicted octanol–water partition coefficient (Wildman–Crippen LogP) is 1.79. The molecule has 6 nitrogen and oxygen atoms in total.